The Morgan fingerprint density at radius 3 is 2.33 bits per heavy atom. The lowest BCUT2D eigenvalue weighted by atomic mass is 10.2. The van der Waals surface area contributed by atoms with Gasteiger partial charge in [-0.25, -0.2) is 4.98 Å². The summed E-state index contributed by atoms with van der Waals surface area (Å²) in [5, 5.41) is 0.940. The largest absolute Gasteiger partial charge is 0.295 e. The monoisotopic (exact) mass is 338 g/mol. The lowest BCUT2D eigenvalue weighted by Crippen LogP contribution is -2.02. The van der Waals surface area contributed by atoms with Gasteiger partial charge in [0.05, 0.1) is 22.1 Å². The second-order valence-corrected chi connectivity index (χ2v) is 6.57. The van der Waals surface area contributed by atoms with Crippen molar-refractivity contribution in [2.45, 2.75) is 19.2 Å². The maximum Gasteiger partial charge on any atom is 0.132 e. The number of benzene rings is 2. The Morgan fingerprint density at radius 2 is 1.71 bits per heavy atom. The van der Waals surface area contributed by atoms with Crippen LogP contribution in [0.5, 0.6) is 0 Å². The molecule has 21 heavy (non-hydrogen) atoms. The summed E-state index contributed by atoms with van der Waals surface area (Å²) in [5.74, 6) is 0.774. The molecule has 1 atom stereocenters. The van der Waals surface area contributed by atoms with Gasteiger partial charge in [-0.15, -0.1) is 11.6 Å². The number of imidazole rings is 1. The van der Waals surface area contributed by atoms with Gasteiger partial charge in [0.1, 0.15) is 5.82 Å². The van der Waals surface area contributed by atoms with Crippen molar-refractivity contribution in [1.82, 2.24) is 9.55 Å². The predicted molar refractivity (Wildman–Crippen MR) is 90.1 cm³/mol. The number of aromatic nitrogens is 2. The fourth-order valence-electron chi connectivity index (χ4n) is 2.42. The fraction of sp³-hybridized carbons (Fsp3) is 0.188. The Kier molecular flexibility index (Phi) is 3.87. The molecule has 0 radical (unpaired) electrons. The standard InChI is InChI=1S/C16H13Cl3N2/c1-9-3-4-15-14(5-9)20-16(10(2)17)21(15)13-7-11(18)6-12(19)8-13/h3-8,10H,1-2H3. The Bertz CT molecular complexity index is 801. The zero-order valence-corrected chi connectivity index (χ0v) is 13.8. The molecule has 1 heterocycles. The smallest absolute Gasteiger partial charge is 0.132 e. The average Bonchev–Trinajstić information content (AvgIpc) is 2.76. The van der Waals surface area contributed by atoms with Crippen molar-refractivity contribution in [2.75, 3.05) is 0 Å². The first-order valence-corrected chi connectivity index (χ1v) is 7.74. The van der Waals surface area contributed by atoms with Crippen LogP contribution >= 0.6 is 34.8 Å². The van der Waals surface area contributed by atoms with Crippen molar-refractivity contribution in [3.05, 3.63) is 57.8 Å². The van der Waals surface area contributed by atoms with Crippen molar-refractivity contribution in [3.8, 4) is 5.69 Å². The van der Waals surface area contributed by atoms with Crippen LogP contribution in [-0.4, -0.2) is 9.55 Å². The first-order chi connectivity index (χ1) is 9.95. The minimum atomic E-state index is -0.226. The van der Waals surface area contributed by atoms with Crippen LogP contribution in [0.4, 0.5) is 0 Å². The zero-order chi connectivity index (χ0) is 15.1. The third-order valence-corrected chi connectivity index (χ3v) is 3.93. The van der Waals surface area contributed by atoms with Gasteiger partial charge in [0.2, 0.25) is 0 Å². The average molecular weight is 340 g/mol. The molecule has 2 nitrogen and oxygen atoms in total. The molecule has 0 N–H and O–H groups in total. The molecular weight excluding hydrogens is 327 g/mol. The van der Waals surface area contributed by atoms with Crippen LogP contribution in [-0.2, 0) is 0 Å². The molecule has 0 saturated carbocycles. The molecule has 0 saturated heterocycles. The highest BCUT2D eigenvalue weighted by Gasteiger charge is 2.17. The first-order valence-electron chi connectivity index (χ1n) is 6.55. The fourth-order valence-corrected chi connectivity index (χ4v) is 3.08. The molecule has 0 aliphatic heterocycles. The molecule has 1 aromatic heterocycles. The van der Waals surface area contributed by atoms with Crippen LogP contribution in [0.1, 0.15) is 23.7 Å². The summed E-state index contributed by atoms with van der Waals surface area (Å²) in [5.41, 5.74) is 3.92. The molecule has 5 heteroatoms. The van der Waals surface area contributed by atoms with Crippen molar-refractivity contribution in [3.63, 3.8) is 0 Å². The molecule has 3 rings (SSSR count). The molecule has 0 aliphatic rings. The van der Waals surface area contributed by atoms with E-state index in [4.69, 9.17) is 34.8 Å². The highest BCUT2D eigenvalue weighted by atomic mass is 35.5. The molecular formula is C16H13Cl3N2. The number of hydrogen-bond donors (Lipinski definition) is 0. The maximum atomic E-state index is 6.30. The number of hydrogen-bond acceptors (Lipinski definition) is 1. The van der Waals surface area contributed by atoms with Crippen LogP contribution in [0, 0.1) is 6.92 Å². The number of fused-ring (bicyclic) bond motifs is 1. The molecule has 0 amide bonds. The summed E-state index contributed by atoms with van der Waals surface area (Å²) in [6, 6.07) is 11.6. The van der Waals surface area contributed by atoms with E-state index < -0.39 is 0 Å². The number of aryl methyl sites for hydroxylation is 1. The normalized spacial score (nSPS) is 12.8. The molecule has 0 spiro atoms. The van der Waals surface area contributed by atoms with Gasteiger partial charge in [-0.05, 0) is 49.7 Å². The van der Waals surface area contributed by atoms with Gasteiger partial charge in [-0.2, -0.15) is 0 Å². The topological polar surface area (TPSA) is 17.8 Å². The van der Waals surface area contributed by atoms with E-state index in [1.807, 2.05) is 42.7 Å². The second kappa shape index (κ2) is 5.53. The third-order valence-electron chi connectivity index (χ3n) is 3.30. The summed E-state index contributed by atoms with van der Waals surface area (Å²) >= 11 is 18.5. The highest BCUT2D eigenvalue weighted by Crippen LogP contribution is 2.31. The van der Waals surface area contributed by atoms with Gasteiger partial charge in [0.25, 0.3) is 0 Å². The minimum absolute atomic E-state index is 0.226. The minimum Gasteiger partial charge on any atom is -0.295 e. The second-order valence-electron chi connectivity index (χ2n) is 5.04. The number of alkyl halides is 1. The van der Waals surface area contributed by atoms with Crippen molar-refractivity contribution >= 4 is 45.8 Å². The zero-order valence-electron chi connectivity index (χ0n) is 11.6. The molecule has 108 valence electrons. The van der Waals surface area contributed by atoms with Crippen LogP contribution in [0.15, 0.2) is 36.4 Å². The van der Waals surface area contributed by atoms with Gasteiger partial charge in [-0.1, -0.05) is 29.3 Å². The number of rotatable bonds is 2. The van der Waals surface area contributed by atoms with Crippen LogP contribution in [0.25, 0.3) is 16.7 Å². The molecule has 0 aliphatic carbocycles. The Labute approximate surface area is 138 Å². The van der Waals surface area contributed by atoms with E-state index in [1.165, 1.54) is 0 Å². The Morgan fingerprint density at radius 1 is 1.05 bits per heavy atom. The van der Waals surface area contributed by atoms with Gasteiger partial charge in [0, 0.05) is 10.0 Å². The van der Waals surface area contributed by atoms with E-state index in [1.54, 1.807) is 6.07 Å². The number of nitrogens with zero attached hydrogens (tertiary/aromatic N) is 2. The molecule has 3 aromatic rings. The van der Waals surface area contributed by atoms with Crippen LogP contribution < -0.4 is 0 Å². The van der Waals surface area contributed by atoms with E-state index in [9.17, 15) is 0 Å². The van der Waals surface area contributed by atoms with E-state index in [0.29, 0.717) is 10.0 Å². The van der Waals surface area contributed by atoms with Gasteiger partial charge >= 0.3 is 0 Å². The summed E-state index contributed by atoms with van der Waals surface area (Å²) < 4.78 is 2.00. The lowest BCUT2D eigenvalue weighted by molar-refractivity contribution is 0.882. The summed E-state index contributed by atoms with van der Waals surface area (Å²) in [7, 11) is 0. The van der Waals surface area contributed by atoms with Crippen LogP contribution in [0.3, 0.4) is 0 Å². The molecule has 0 bridgehead atoms. The van der Waals surface area contributed by atoms with E-state index in [0.717, 1.165) is 28.1 Å². The highest BCUT2D eigenvalue weighted by molar-refractivity contribution is 6.34. The van der Waals surface area contributed by atoms with Gasteiger partial charge < -0.3 is 0 Å². The Hall–Kier alpha value is -1.22. The maximum absolute atomic E-state index is 6.30. The van der Waals surface area contributed by atoms with Gasteiger partial charge in [-0.3, -0.25) is 4.57 Å². The molecule has 1 unspecified atom stereocenters. The summed E-state index contributed by atoms with van der Waals surface area (Å²) in [6.45, 7) is 3.94. The number of halogens is 3. The first kappa shape index (κ1) is 14.7. The van der Waals surface area contributed by atoms with Crippen LogP contribution in [0.2, 0.25) is 10.0 Å². The van der Waals surface area contributed by atoms with Crippen molar-refractivity contribution in [2.24, 2.45) is 0 Å². The van der Waals surface area contributed by atoms with E-state index >= 15 is 0 Å². The van der Waals surface area contributed by atoms with Gasteiger partial charge in [0.15, 0.2) is 0 Å². The SMILES string of the molecule is Cc1ccc2c(c1)nc(C(C)Cl)n2-c1cc(Cl)cc(Cl)c1. The lowest BCUT2D eigenvalue weighted by Gasteiger charge is -2.11. The predicted octanol–water partition coefficient (Wildman–Crippen LogP) is 5.94. The molecule has 2 aromatic carbocycles. The van der Waals surface area contributed by atoms with E-state index in [2.05, 4.69) is 11.1 Å². The summed E-state index contributed by atoms with van der Waals surface area (Å²) in [6.07, 6.45) is 0. The molecule has 0 fully saturated rings. The van der Waals surface area contributed by atoms with E-state index in [-0.39, 0.29) is 5.38 Å². The Balaban J connectivity index is 2.36. The third kappa shape index (κ3) is 2.76. The quantitative estimate of drug-likeness (QED) is 0.528. The summed E-state index contributed by atoms with van der Waals surface area (Å²) in [4.78, 5) is 4.65. The van der Waals surface area contributed by atoms with Crippen molar-refractivity contribution < 1.29 is 0 Å². The van der Waals surface area contributed by atoms with Crippen molar-refractivity contribution in [1.29, 1.82) is 0 Å².